The summed E-state index contributed by atoms with van der Waals surface area (Å²) in [5, 5.41) is 0.684. The van der Waals surface area contributed by atoms with E-state index in [2.05, 4.69) is 17.9 Å². The second-order valence-corrected chi connectivity index (χ2v) is 5.16. The lowest BCUT2D eigenvalue weighted by Gasteiger charge is -2.21. The lowest BCUT2D eigenvalue weighted by Crippen LogP contribution is -2.33. The Balaban J connectivity index is 2.02. The van der Waals surface area contributed by atoms with Crippen molar-refractivity contribution in [3.63, 3.8) is 0 Å². The summed E-state index contributed by atoms with van der Waals surface area (Å²) in [5.41, 5.74) is 2.14. The molecular weight excluding hydrogens is 244 g/mol. The summed E-state index contributed by atoms with van der Waals surface area (Å²) < 4.78 is 0. The van der Waals surface area contributed by atoms with Gasteiger partial charge in [0.25, 0.3) is 5.91 Å². The van der Waals surface area contributed by atoms with E-state index in [1.165, 1.54) is 5.56 Å². The third-order valence-electron chi connectivity index (χ3n) is 3.81. The molecule has 1 aromatic rings. The summed E-state index contributed by atoms with van der Waals surface area (Å²) in [6.07, 6.45) is 2.91. The van der Waals surface area contributed by atoms with Crippen LogP contribution in [-0.2, 0) is 11.2 Å². The number of hydrogen-bond donors (Lipinski definition) is 0. The van der Waals surface area contributed by atoms with E-state index in [4.69, 9.17) is 12.2 Å². The molecule has 2 fully saturated rings. The van der Waals surface area contributed by atoms with E-state index in [9.17, 15) is 4.79 Å². The van der Waals surface area contributed by atoms with Crippen molar-refractivity contribution < 1.29 is 4.79 Å². The summed E-state index contributed by atoms with van der Waals surface area (Å²) in [7, 11) is 0. The molecule has 2 aliphatic rings. The highest BCUT2D eigenvalue weighted by Gasteiger charge is 2.45. The molecule has 3 rings (SSSR count). The highest BCUT2D eigenvalue weighted by molar-refractivity contribution is 7.80. The number of nitrogens with zero attached hydrogens (tertiary/aromatic N) is 2. The van der Waals surface area contributed by atoms with Crippen molar-refractivity contribution in [2.75, 3.05) is 11.4 Å². The van der Waals surface area contributed by atoms with Crippen LogP contribution in [0.3, 0.4) is 0 Å². The largest absolute Gasteiger partial charge is 0.336 e. The van der Waals surface area contributed by atoms with Gasteiger partial charge in [0.2, 0.25) is 0 Å². The molecule has 2 heterocycles. The molecule has 4 heteroatoms. The first kappa shape index (κ1) is 11.7. The molecule has 94 valence electrons. The molecule has 0 aromatic heterocycles. The van der Waals surface area contributed by atoms with Crippen molar-refractivity contribution in [3.05, 3.63) is 29.8 Å². The van der Waals surface area contributed by atoms with Gasteiger partial charge in [-0.15, -0.1) is 0 Å². The highest BCUT2D eigenvalue weighted by Crippen LogP contribution is 2.33. The maximum atomic E-state index is 12.5. The smallest absolute Gasteiger partial charge is 0.256 e. The molecule has 0 saturated carbocycles. The van der Waals surface area contributed by atoms with Gasteiger partial charge in [-0.3, -0.25) is 9.69 Å². The number of anilines is 1. The molecular formula is C14H16N2OS. The average molecular weight is 260 g/mol. The molecule has 0 unspecified atom stereocenters. The number of para-hydroxylation sites is 1. The maximum Gasteiger partial charge on any atom is 0.256 e. The number of thiocarbonyl (C=S) groups is 1. The zero-order valence-electron chi connectivity index (χ0n) is 10.4. The van der Waals surface area contributed by atoms with Crippen LogP contribution in [0.4, 0.5) is 5.69 Å². The van der Waals surface area contributed by atoms with Crippen LogP contribution in [0.2, 0.25) is 0 Å². The lowest BCUT2D eigenvalue weighted by molar-refractivity contribution is -0.119. The van der Waals surface area contributed by atoms with Gasteiger partial charge < -0.3 is 4.90 Å². The molecule has 0 spiro atoms. The van der Waals surface area contributed by atoms with Crippen LogP contribution in [0, 0.1) is 0 Å². The van der Waals surface area contributed by atoms with Gasteiger partial charge >= 0.3 is 0 Å². The van der Waals surface area contributed by atoms with Gasteiger partial charge in [-0.2, -0.15) is 0 Å². The monoisotopic (exact) mass is 260 g/mol. The molecule has 0 bridgehead atoms. The van der Waals surface area contributed by atoms with Crippen LogP contribution in [0.1, 0.15) is 25.3 Å². The molecule has 0 aliphatic carbocycles. The Bertz CT molecular complexity index is 492. The van der Waals surface area contributed by atoms with Gasteiger partial charge in [0.15, 0.2) is 5.11 Å². The Morgan fingerprint density at radius 3 is 2.89 bits per heavy atom. The molecule has 3 nitrogen and oxygen atoms in total. The predicted octanol–water partition coefficient (Wildman–Crippen LogP) is 2.34. The Hall–Kier alpha value is -1.42. The number of fused-ring (bicyclic) bond motifs is 1. The van der Waals surface area contributed by atoms with E-state index in [1.54, 1.807) is 4.90 Å². The molecule has 0 radical (unpaired) electrons. The summed E-state index contributed by atoms with van der Waals surface area (Å²) in [4.78, 5) is 16.3. The Morgan fingerprint density at radius 1 is 1.39 bits per heavy atom. The van der Waals surface area contributed by atoms with Crippen LogP contribution >= 0.6 is 12.2 Å². The van der Waals surface area contributed by atoms with E-state index in [0.29, 0.717) is 5.11 Å². The lowest BCUT2D eigenvalue weighted by atomic mass is 10.1. The van der Waals surface area contributed by atoms with Crippen LogP contribution in [0.5, 0.6) is 0 Å². The molecule has 2 saturated heterocycles. The minimum Gasteiger partial charge on any atom is -0.336 e. The highest BCUT2D eigenvalue weighted by atomic mass is 32.1. The van der Waals surface area contributed by atoms with Gasteiger partial charge in [-0.25, -0.2) is 0 Å². The number of hydrogen-bond acceptors (Lipinski definition) is 2. The summed E-state index contributed by atoms with van der Waals surface area (Å²) in [6.45, 7) is 3.02. The van der Waals surface area contributed by atoms with Crippen LogP contribution in [-0.4, -0.2) is 28.5 Å². The fourth-order valence-corrected chi connectivity index (χ4v) is 3.28. The molecule has 18 heavy (non-hydrogen) atoms. The SMILES string of the molecule is CCc1ccccc1N1C(=O)[C@H]2CCCN2C1=S. The number of carbonyl (C=O) groups is 1. The van der Waals surface area contributed by atoms with Crippen molar-refractivity contribution in [1.29, 1.82) is 0 Å². The Labute approximate surface area is 112 Å². The minimum absolute atomic E-state index is 0.0117. The van der Waals surface area contributed by atoms with Crippen molar-refractivity contribution in [1.82, 2.24) is 4.90 Å². The van der Waals surface area contributed by atoms with E-state index in [1.807, 2.05) is 18.2 Å². The van der Waals surface area contributed by atoms with Gasteiger partial charge in [0.1, 0.15) is 6.04 Å². The second-order valence-electron chi connectivity index (χ2n) is 4.79. The van der Waals surface area contributed by atoms with Crippen LogP contribution in [0.15, 0.2) is 24.3 Å². The average Bonchev–Trinajstić information content (AvgIpc) is 2.95. The zero-order valence-corrected chi connectivity index (χ0v) is 11.2. The fraction of sp³-hybridized carbons (Fsp3) is 0.429. The summed E-state index contributed by atoms with van der Waals surface area (Å²) in [5.74, 6) is 0.151. The fourth-order valence-electron chi connectivity index (χ4n) is 2.87. The van der Waals surface area contributed by atoms with E-state index in [0.717, 1.165) is 31.5 Å². The van der Waals surface area contributed by atoms with Gasteiger partial charge in [-0.05, 0) is 43.1 Å². The number of carbonyl (C=O) groups excluding carboxylic acids is 1. The number of benzene rings is 1. The molecule has 1 atom stereocenters. The normalized spacial score (nSPS) is 22.8. The summed E-state index contributed by atoms with van der Waals surface area (Å²) >= 11 is 5.48. The first-order valence-electron chi connectivity index (χ1n) is 6.46. The zero-order chi connectivity index (χ0) is 12.7. The van der Waals surface area contributed by atoms with Gasteiger partial charge in [0.05, 0.1) is 5.69 Å². The topological polar surface area (TPSA) is 23.6 Å². The summed E-state index contributed by atoms with van der Waals surface area (Å²) in [6, 6.07) is 8.02. The van der Waals surface area contributed by atoms with Gasteiger partial charge in [-0.1, -0.05) is 25.1 Å². The van der Waals surface area contributed by atoms with E-state index < -0.39 is 0 Å². The van der Waals surface area contributed by atoms with Crippen molar-refractivity contribution in [2.45, 2.75) is 32.2 Å². The number of rotatable bonds is 2. The number of amides is 1. The third-order valence-corrected chi connectivity index (χ3v) is 4.23. The van der Waals surface area contributed by atoms with E-state index >= 15 is 0 Å². The minimum atomic E-state index is -0.0117. The van der Waals surface area contributed by atoms with Crippen molar-refractivity contribution >= 4 is 28.9 Å². The molecule has 0 N–H and O–H groups in total. The maximum absolute atomic E-state index is 12.5. The van der Waals surface area contributed by atoms with E-state index in [-0.39, 0.29) is 11.9 Å². The molecule has 1 aromatic carbocycles. The Morgan fingerprint density at radius 2 is 2.17 bits per heavy atom. The molecule has 2 aliphatic heterocycles. The number of aryl methyl sites for hydroxylation is 1. The van der Waals surface area contributed by atoms with Crippen LogP contribution < -0.4 is 4.90 Å². The quantitative estimate of drug-likeness (QED) is 0.763. The first-order chi connectivity index (χ1) is 8.74. The van der Waals surface area contributed by atoms with Crippen LogP contribution in [0.25, 0.3) is 0 Å². The first-order valence-corrected chi connectivity index (χ1v) is 6.87. The second kappa shape index (κ2) is 4.35. The Kier molecular flexibility index (Phi) is 2.82. The van der Waals surface area contributed by atoms with Crippen molar-refractivity contribution in [3.8, 4) is 0 Å². The van der Waals surface area contributed by atoms with Gasteiger partial charge in [0, 0.05) is 6.54 Å². The standard InChI is InChI=1S/C14H16N2OS/c1-2-10-6-3-4-7-11(10)16-13(17)12-8-5-9-15(12)14(16)18/h3-4,6-7,12H,2,5,8-9H2,1H3/t12-/m1/s1. The van der Waals surface area contributed by atoms with Crippen molar-refractivity contribution in [2.24, 2.45) is 0 Å². The predicted molar refractivity (Wildman–Crippen MR) is 75.6 cm³/mol. The molecule has 1 amide bonds. The third kappa shape index (κ3) is 1.56.